The zero-order chi connectivity index (χ0) is 20.0. The molecule has 0 radical (unpaired) electrons. The molecule has 1 N–H and O–H groups in total. The number of rotatable bonds is 6. The van der Waals surface area contributed by atoms with Gasteiger partial charge in [-0.05, 0) is 35.9 Å². The van der Waals surface area contributed by atoms with E-state index in [0.717, 1.165) is 12.1 Å². The van der Waals surface area contributed by atoms with Crippen LogP contribution in [-0.4, -0.2) is 19.6 Å². The van der Waals surface area contributed by atoms with Crippen LogP contribution in [0, 0.1) is 17.1 Å². The number of nitriles is 1. The SMILES string of the molecule is COc1cc(/C=C(\C#N)C(=O)Nc2ccccc2F)cc(Cl)c1OC(F)F. The Morgan fingerprint density at radius 3 is 2.63 bits per heavy atom. The number of anilines is 1. The highest BCUT2D eigenvalue weighted by Gasteiger charge is 2.17. The molecule has 2 aromatic carbocycles. The lowest BCUT2D eigenvalue weighted by atomic mass is 10.1. The zero-order valence-electron chi connectivity index (χ0n) is 13.8. The first-order valence-corrected chi connectivity index (χ1v) is 7.73. The third-order valence-corrected chi connectivity index (χ3v) is 3.54. The molecule has 0 fully saturated rings. The minimum atomic E-state index is -3.11. The Morgan fingerprint density at radius 2 is 2.04 bits per heavy atom. The van der Waals surface area contributed by atoms with E-state index >= 15 is 0 Å². The highest BCUT2D eigenvalue weighted by molar-refractivity contribution is 6.32. The van der Waals surface area contributed by atoms with E-state index in [2.05, 4.69) is 10.1 Å². The molecular weight excluding hydrogens is 385 g/mol. The summed E-state index contributed by atoms with van der Waals surface area (Å²) in [6.45, 7) is -3.11. The van der Waals surface area contributed by atoms with Crippen molar-refractivity contribution in [3.8, 4) is 17.6 Å². The van der Waals surface area contributed by atoms with Gasteiger partial charge >= 0.3 is 6.61 Å². The molecule has 27 heavy (non-hydrogen) atoms. The van der Waals surface area contributed by atoms with Crippen molar-refractivity contribution in [2.45, 2.75) is 6.61 Å². The largest absolute Gasteiger partial charge is 0.493 e. The maximum absolute atomic E-state index is 13.6. The number of carbonyl (C=O) groups is 1. The van der Waals surface area contributed by atoms with Crippen LogP contribution < -0.4 is 14.8 Å². The van der Waals surface area contributed by atoms with E-state index in [0.29, 0.717) is 0 Å². The Labute approximate surface area is 157 Å². The molecule has 0 atom stereocenters. The van der Waals surface area contributed by atoms with Crippen molar-refractivity contribution in [2.24, 2.45) is 0 Å². The highest BCUT2D eigenvalue weighted by atomic mass is 35.5. The van der Waals surface area contributed by atoms with Gasteiger partial charge in [0.15, 0.2) is 11.5 Å². The molecular formula is C18H12ClF3N2O3. The van der Waals surface area contributed by atoms with Crippen molar-refractivity contribution in [1.29, 1.82) is 5.26 Å². The van der Waals surface area contributed by atoms with E-state index < -0.39 is 18.3 Å². The molecule has 2 aromatic rings. The van der Waals surface area contributed by atoms with Crippen LogP contribution in [0.3, 0.4) is 0 Å². The summed E-state index contributed by atoms with van der Waals surface area (Å²) in [6, 6.07) is 9.61. The Kier molecular flexibility index (Phi) is 6.68. The van der Waals surface area contributed by atoms with E-state index in [1.807, 2.05) is 0 Å². The molecule has 2 rings (SSSR count). The molecule has 0 unspecified atom stereocenters. The van der Waals surface area contributed by atoms with Gasteiger partial charge in [-0.1, -0.05) is 23.7 Å². The molecule has 0 aliphatic rings. The van der Waals surface area contributed by atoms with Crippen molar-refractivity contribution in [1.82, 2.24) is 0 Å². The molecule has 0 bridgehead atoms. The minimum Gasteiger partial charge on any atom is -0.493 e. The lowest BCUT2D eigenvalue weighted by molar-refractivity contribution is -0.112. The first-order valence-electron chi connectivity index (χ1n) is 7.35. The van der Waals surface area contributed by atoms with E-state index in [-0.39, 0.29) is 33.3 Å². The molecule has 9 heteroatoms. The fourth-order valence-corrected chi connectivity index (χ4v) is 2.36. The number of alkyl halides is 2. The molecule has 0 spiro atoms. The van der Waals surface area contributed by atoms with Crippen LogP contribution in [-0.2, 0) is 4.79 Å². The number of methoxy groups -OCH3 is 1. The number of hydrogen-bond acceptors (Lipinski definition) is 4. The first-order chi connectivity index (χ1) is 12.8. The number of amides is 1. The number of halogens is 4. The summed E-state index contributed by atoms with van der Waals surface area (Å²) >= 11 is 5.91. The second-order valence-electron chi connectivity index (χ2n) is 5.02. The highest BCUT2D eigenvalue weighted by Crippen LogP contribution is 2.38. The maximum Gasteiger partial charge on any atom is 0.387 e. The van der Waals surface area contributed by atoms with Crippen LogP contribution in [0.4, 0.5) is 18.9 Å². The third kappa shape index (κ3) is 5.15. The quantitative estimate of drug-likeness (QED) is 0.570. The van der Waals surface area contributed by atoms with E-state index in [1.165, 1.54) is 37.4 Å². The molecule has 0 saturated carbocycles. The second kappa shape index (κ2) is 8.96. The van der Waals surface area contributed by atoms with Crippen molar-refractivity contribution >= 4 is 29.3 Å². The Balaban J connectivity index is 2.34. The van der Waals surface area contributed by atoms with Gasteiger partial charge in [-0.25, -0.2) is 4.39 Å². The number of ether oxygens (including phenoxy) is 2. The van der Waals surface area contributed by atoms with Gasteiger partial charge in [0.2, 0.25) is 0 Å². The zero-order valence-corrected chi connectivity index (χ0v) is 14.6. The van der Waals surface area contributed by atoms with Crippen LogP contribution in [0.25, 0.3) is 6.08 Å². The van der Waals surface area contributed by atoms with Crippen molar-refractivity contribution in [3.63, 3.8) is 0 Å². The minimum absolute atomic E-state index is 0.0973. The van der Waals surface area contributed by atoms with Gasteiger partial charge in [0.05, 0.1) is 17.8 Å². The monoisotopic (exact) mass is 396 g/mol. The van der Waals surface area contributed by atoms with Crippen LogP contribution in [0.5, 0.6) is 11.5 Å². The van der Waals surface area contributed by atoms with Crippen molar-refractivity contribution < 1.29 is 27.4 Å². The number of benzene rings is 2. The topological polar surface area (TPSA) is 71.3 Å². The van der Waals surface area contributed by atoms with E-state index in [1.54, 1.807) is 6.07 Å². The molecule has 0 saturated heterocycles. The molecule has 0 aliphatic carbocycles. The number of hydrogen-bond donors (Lipinski definition) is 1. The first kappa shape index (κ1) is 20.1. The van der Waals surface area contributed by atoms with E-state index in [4.69, 9.17) is 16.3 Å². The van der Waals surface area contributed by atoms with E-state index in [9.17, 15) is 23.2 Å². The maximum atomic E-state index is 13.6. The molecule has 0 aliphatic heterocycles. The predicted octanol–water partition coefficient (Wildman–Crippen LogP) is 4.63. The Morgan fingerprint density at radius 1 is 1.33 bits per heavy atom. The summed E-state index contributed by atoms with van der Waals surface area (Å²) in [6.07, 6.45) is 1.15. The van der Waals surface area contributed by atoms with Crippen LogP contribution >= 0.6 is 11.6 Å². The van der Waals surface area contributed by atoms with Gasteiger partial charge in [0.1, 0.15) is 17.5 Å². The smallest absolute Gasteiger partial charge is 0.387 e. The number of carbonyl (C=O) groups excluding carboxylic acids is 1. The van der Waals surface area contributed by atoms with Gasteiger partial charge in [0.25, 0.3) is 5.91 Å². The summed E-state index contributed by atoms with van der Waals surface area (Å²) in [5, 5.41) is 11.3. The fraction of sp³-hybridized carbons (Fsp3) is 0.111. The lowest BCUT2D eigenvalue weighted by Gasteiger charge is -2.12. The molecule has 5 nitrogen and oxygen atoms in total. The summed E-state index contributed by atoms with van der Waals surface area (Å²) in [4.78, 5) is 12.2. The lowest BCUT2D eigenvalue weighted by Crippen LogP contribution is -2.14. The molecule has 140 valence electrons. The Bertz CT molecular complexity index is 927. The van der Waals surface area contributed by atoms with Gasteiger partial charge in [-0.2, -0.15) is 14.0 Å². The number of para-hydroxylation sites is 1. The standard InChI is InChI=1S/C18H12ClF3N2O3/c1-26-15-8-10(7-12(19)16(15)27-18(21)22)6-11(9-23)17(25)24-14-5-3-2-4-13(14)20/h2-8,18H,1H3,(H,24,25)/b11-6+. The third-order valence-electron chi connectivity index (χ3n) is 3.26. The van der Waals surface area contributed by atoms with Crippen molar-refractivity contribution in [3.05, 3.63) is 58.4 Å². The summed E-state index contributed by atoms with van der Waals surface area (Å²) in [7, 11) is 1.22. The molecule has 0 heterocycles. The van der Waals surface area contributed by atoms with Gasteiger partial charge in [-0.3, -0.25) is 4.79 Å². The number of nitrogens with one attached hydrogen (secondary N) is 1. The summed E-state index contributed by atoms with van der Waals surface area (Å²) in [5.41, 5.74) is -0.238. The van der Waals surface area contributed by atoms with Gasteiger partial charge < -0.3 is 14.8 Å². The molecule has 1 amide bonds. The second-order valence-corrected chi connectivity index (χ2v) is 5.42. The van der Waals surface area contributed by atoms with Gasteiger partial charge in [-0.15, -0.1) is 0 Å². The average molecular weight is 397 g/mol. The van der Waals surface area contributed by atoms with Crippen LogP contribution in [0.1, 0.15) is 5.56 Å². The summed E-state index contributed by atoms with van der Waals surface area (Å²) in [5.74, 6) is -2.01. The fourth-order valence-electron chi connectivity index (χ4n) is 2.09. The Hall–Kier alpha value is -3.18. The van der Waals surface area contributed by atoms with Gasteiger partial charge in [0, 0.05) is 0 Å². The summed E-state index contributed by atoms with van der Waals surface area (Å²) < 4.78 is 47.8. The predicted molar refractivity (Wildman–Crippen MR) is 93.3 cm³/mol. The average Bonchev–Trinajstić information content (AvgIpc) is 2.63. The number of nitrogens with zero attached hydrogens (tertiary/aromatic N) is 1. The molecule has 0 aromatic heterocycles. The normalized spacial score (nSPS) is 11.1. The van der Waals surface area contributed by atoms with Crippen LogP contribution in [0.2, 0.25) is 5.02 Å². The van der Waals surface area contributed by atoms with Crippen molar-refractivity contribution in [2.75, 3.05) is 12.4 Å². The van der Waals surface area contributed by atoms with Crippen LogP contribution in [0.15, 0.2) is 42.0 Å².